The molecule has 0 amide bonds. The van der Waals surface area contributed by atoms with Crippen LogP contribution in [0.3, 0.4) is 0 Å². The molecule has 1 saturated heterocycles. The highest BCUT2D eigenvalue weighted by Gasteiger charge is 2.41. The first-order chi connectivity index (χ1) is 8.98. The summed E-state index contributed by atoms with van der Waals surface area (Å²) in [5, 5.41) is 9.96. The normalized spacial score (nSPS) is 29.3. The molecule has 1 N–H and O–H groups in total. The minimum Gasteiger partial charge on any atom is -0.390 e. The van der Waals surface area contributed by atoms with Gasteiger partial charge in [0.1, 0.15) is 0 Å². The van der Waals surface area contributed by atoms with Crippen LogP contribution in [0.5, 0.6) is 0 Å². The van der Waals surface area contributed by atoms with Crippen molar-refractivity contribution in [3.8, 4) is 0 Å². The number of carbonyl (C=O) groups excluding carboxylic acids is 1. The Morgan fingerprint density at radius 2 is 1.95 bits per heavy atom. The van der Waals surface area contributed by atoms with Crippen molar-refractivity contribution in [1.82, 2.24) is 0 Å². The van der Waals surface area contributed by atoms with Gasteiger partial charge < -0.3 is 10.0 Å². The lowest BCUT2D eigenvalue weighted by molar-refractivity contribution is 0.0974. The zero-order chi connectivity index (χ0) is 13.6. The second kappa shape index (κ2) is 4.31. The molecule has 102 valence electrons. The molecule has 0 aliphatic carbocycles. The highest BCUT2D eigenvalue weighted by Crippen LogP contribution is 2.31. The van der Waals surface area contributed by atoms with Crippen molar-refractivity contribution in [2.75, 3.05) is 23.0 Å². The number of carbonyl (C=O) groups is 1. The monoisotopic (exact) mass is 281 g/mol. The number of hydrogen-bond acceptors (Lipinski definition) is 5. The van der Waals surface area contributed by atoms with Crippen molar-refractivity contribution in [3.05, 3.63) is 29.8 Å². The minimum atomic E-state index is -3.19. The molecule has 2 aliphatic heterocycles. The van der Waals surface area contributed by atoms with Crippen LogP contribution in [0.25, 0.3) is 0 Å². The van der Waals surface area contributed by atoms with Gasteiger partial charge in [-0.2, -0.15) is 0 Å². The maximum atomic E-state index is 11.8. The van der Waals surface area contributed by atoms with Gasteiger partial charge in [0.2, 0.25) is 0 Å². The van der Waals surface area contributed by atoms with E-state index in [0.717, 1.165) is 5.69 Å². The Bertz CT molecular complexity index is 625. The predicted octanol–water partition coefficient (Wildman–Crippen LogP) is 0.237. The fourth-order valence-corrected chi connectivity index (χ4v) is 4.69. The van der Waals surface area contributed by atoms with Gasteiger partial charge in [-0.3, -0.25) is 4.79 Å². The number of aliphatic hydroxyl groups is 1. The van der Waals surface area contributed by atoms with Gasteiger partial charge in [-0.25, -0.2) is 8.42 Å². The summed E-state index contributed by atoms with van der Waals surface area (Å²) in [6, 6.07) is 6.73. The molecule has 6 heteroatoms. The van der Waals surface area contributed by atoms with Gasteiger partial charge in [0.05, 0.1) is 23.7 Å². The summed E-state index contributed by atoms with van der Waals surface area (Å²) in [7, 11) is -3.19. The standard InChI is InChI=1S/C13H15NO4S/c15-12-5-6-14(10-4-2-1-3-9(10)12)11-7-19(17,18)8-13(11)16/h1-4,11,13,16H,5-8H2. The van der Waals surface area contributed by atoms with Crippen LogP contribution in [0.2, 0.25) is 0 Å². The molecule has 19 heavy (non-hydrogen) atoms. The third-order valence-electron chi connectivity index (χ3n) is 3.79. The van der Waals surface area contributed by atoms with Crippen LogP contribution in [-0.2, 0) is 9.84 Å². The Labute approximate surface area is 111 Å². The zero-order valence-corrected chi connectivity index (χ0v) is 11.1. The molecule has 0 radical (unpaired) electrons. The summed E-state index contributed by atoms with van der Waals surface area (Å²) in [6.07, 6.45) is -0.522. The summed E-state index contributed by atoms with van der Waals surface area (Å²) in [5.74, 6) is -0.164. The van der Waals surface area contributed by atoms with E-state index in [1.165, 1.54) is 0 Å². The lowest BCUT2D eigenvalue weighted by atomic mass is 9.98. The Hall–Kier alpha value is -1.40. The Balaban J connectivity index is 2.00. The smallest absolute Gasteiger partial charge is 0.166 e. The van der Waals surface area contributed by atoms with E-state index in [0.29, 0.717) is 18.5 Å². The number of anilines is 1. The van der Waals surface area contributed by atoms with E-state index in [1.54, 1.807) is 12.1 Å². The van der Waals surface area contributed by atoms with Crippen LogP contribution in [0.15, 0.2) is 24.3 Å². The predicted molar refractivity (Wildman–Crippen MR) is 71.2 cm³/mol. The molecule has 2 heterocycles. The first kappa shape index (κ1) is 12.6. The molecular weight excluding hydrogens is 266 g/mol. The second-order valence-electron chi connectivity index (χ2n) is 5.10. The Kier molecular flexibility index (Phi) is 2.87. The topological polar surface area (TPSA) is 74.7 Å². The number of nitrogens with zero attached hydrogens (tertiary/aromatic N) is 1. The SMILES string of the molecule is O=C1CCN(C2CS(=O)(=O)CC2O)c2ccccc21. The van der Waals surface area contributed by atoms with Crippen LogP contribution >= 0.6 is 0 Å². The summed E-state index contributed by atoms with van der Waals surface area (Å²) in [5.41, 5.74) is 1.35. The summed E-state index contributed by atoms with van der Waals surface area (Å²) in [6.45, 7) is 0.465. The fraction of sp³-hybridized carbons (Fsp3) is 0.462. The molecule has 0 spiro atoms. The van der Waals surface area contributed by atoms with Gasteiger partial charge in [0.15, 0.2) is 15.6 Å². The third kappa shape index (κ3) is 2.15. The van der Waals surface area contributed by atoms with Crippen LogP contribution in [-0.4, -0.2) is 49.5 Å². The number of para-hydroxylation sites is 1. The maximum absolute atomic E-state index is 11.8. The largest absolute Gasteiger partial charge is 0.390 e. The average molecular weight is 281 g/mol. The van der Waals surface area contributed by atoms with Crippen molar-refractivity contribution >= 4 is 21.3 Å². The first-order valence-electron chi connectivity index (χ1n) is 6.25. The zero-order valence-electron chi connectivity index (χ0n) is 10.3. The van der Waals surface area contributed by atoms with Gasteiger partial charge in [-0.1, -0.05) is 12.1 Å². The van der Waals surface area contributed by atoms with Crippen molar-refractivity contribution in [2.24, 2.45) is 0 Å². The number of rotatable bonds is 1. The van der Waals surface area contributed by atoms with E-state index >= 15 is 0 Å². The number of fused-ring (bicyclic) bond motifs is 1. The molecule has 5 nitrogen and oxygen atoms in total. The summed E-state index contributed by atoms with van der Waals surface area (Å²) >= 11 is 0. The summed E-state index contributed by atoms with van der Waals surface area (Å²) < 4.78 is 23.2. The minimum absolute atomic E-state index is 0.0449. The van der Waals surface area contributed by atoms with Crippen molar-refractivity contribution in [3.63, 3.8) is 0 Å². The van der Waals surface area contributed by atoms with Crippen molar-refractivity contribution < 1.29 is 18.3 Å². The van der Waals surface area contributed by atoms with Gasteiger partial charge in [-0.15, -0.1) is 0 Å². The van der Waals surface area contributed by atoms with E-state index < -0.39 is 22.0 Å². The van der Waals surface area contributed by atoms with Gasteiger partial charge in [0, 0.05) is 24.2 Å². The average Bonchev–Trinajstić information content (AvgIpc) is 2.64. The second-order valence-corrected chi connectivity index (χ2v) is 7.25. The third-order valence-corrected chi connectivity index (χ3v) is 5.49. The van der Waals surface area contributed by atoms with Crippen LogP contribution < -0.4 is 4.90 Å². The van der Waals surface area contributed by atoms with Crippen molar-refractivity contribution in [2.45, 2.75) is 18.6 Å². The molecule has 0 saturated carbocycles. The molecule has 1 aromatic carbocycles. The molecule has 2 aliphatic rings. The van der Waals surface area contributed by atoms with Gasteiger partial charge in [-0.05, 0) is 12.1 Å². The molecule has 3 rings (SSSR count). The highest BCUT2D eigenvalue weighted by molar-refractivity contribution is 7.91. The van der Waals surface area contributed by atoms with E-state index in [-0.39, 0.29) is 17.3 Å². The first-order valence-corrected chi connectivity index (χ1v) is 8.07. The van der Waals surface area contributed by atoms with Crippen LogP contribution in [0, 0.1) is 0 Å². The van der Waals surface area contributed by atoms with Crippen LogP contribution in [0.1, 0.15) is 16.8 Å². The lowest BCUT2D eigenvalue weighted by Gasteiger charge is -2.36. The number of Topliss-reactive ketones (excluding diaryl/α,β-unsaturated/α-hetero) is 1. The quantitative estimate of drug-likeness (QED) is 0.798. The molecule has 2 atom stereocenters. The van der Waals surface area contributed by atoms with Crippen LogP contribution in [0.4, 0.5) is 5.69 Å². The number of hydrogen-bond donors (Lipinski definition) is 1. The molecule has 1 aromatic rings. The number of aliphatic hydroxyl groups excluding tert-OH is 1. The van der Waals surface area contributed by atoms with E-state index in [9.17, 15) is 18.3 Å². The Morgan fingerprint density at radius 1 is 1.21 bits per heavy atom. The van der Waals surface area contributed by atoms with E-state index in [1.807, 2.05) is 17.0 Å². The molecule has 2 unspecified atom stereocenters. The number of sulfone groups is 1. The van der Waals surface area contributed by atoms with E-state index in [2.05, 4.69) is 0 Å². The van der Waals surface area contributed by atoms with E-state index in [4.69, 9.17) is 0 Å². The highest BCUT2D eigenvalue weighted by atomic mass is 32.2. The summed E-state index contributed by atoms with van der Waals surface area (Å²) in [4.78, 5) is 13.7. The lowest BCUT2D eigenvalue weighted by Crippen LogP contribution is -2.46. The van der Waals surface area contributed by atoms with Gasteiger partial charge in [0.25, 0.3) is 0 Å². The molecular formula is C13H15NO4S. The Morgan fingerprint density at radius 3 is 2.63 bits per heavy atom. The van der Waals surface area contributed by atoms with Gasteiger partial charge >= 0.3 is 0 Å². The molecule has 0 aromatic heterocycles. The number of ketones is 1. The number of benzene rings is 1. The molecule has 0 bridgehead atoms. The van der Waals surface area contributed by atoms with Crippen molar-refractivity contribution in [1.29, 1.82) is 0 Å². The molecule has 1 fully saturated rings. The fourth-order valence-electron chi connectivity index (χ4n) is 2.89. The maximum Gasteiger partial charge on any atom is 0.166 e.